The van der Waals surface area contributed by atoms with Crippen molar-refractivity contribution < 1.29 is 19.4 Å². The van der Waals surface area contributed by atoms with Gasteiger partial charge < -0.3 is 15.2 Å². The average Bonchev–Trinajstić information content (AvgIpc) is 2.52. The Labute approximate surface area is 123 Å². The van der Waals surface area contributed by atoms with E-state index in [2.05, 4.69) is 15.0 Å². The van der Waals surface area contributed by atoms with Gasteiger partial charge in [0.1, 0.15) is 5.69 Å². The smallest absolute Gasteiger partial charge is 0.356 e. The third kappa shape index (κ3) is 3.93. The van der Waals surface area contributed by atoms with Gasteiger partial charge in [-0.25, -0.2) is 9.78 Å². The summed E-state index contributed by atoms with van der Waals surface area (Å²) in [4.78, 5) is 26.6. The summed E-state index contributed by atoms with van der Waals surface area (Å²) in [6.07, 6.45) is 5.24. The summed E-state index contributed by atoms with van der Waals surface area (Å²) in [6, 6.07) is 3.37. The van der Waals surface area contributed by atoms with E-state index in [-0.39, 0.29) is 17.5 Å². The molecule has 21 heavy (non-hydrogen) atoms. The molecule has 0 spiro atoms. The fourth-order valence-corrected chi connectivity index (χ4v) is 2.78. The molecule has 0 amide bonds. The second-order valence-corrected chi connectivity index (χ2v) is 5.29. The first kappa shape index (κ1) is 15.3. The number of carboxylic acids is 1. The predicted molar refractivity (Wildman–Crippen MR) is 77.2 cm³/mol. The number of ether oxygens (including phenoxy) is 1. The minimum Gasteiger partial charge on any atom is -0.481 e. The summed E-state index contributed by atoms with van der Waals surface area (Å²) in [7, 11) is 1.31. The van der Waals surface area contributed by atoms with Gasteiger partial charge in [-0.2, -0.15) is 0 Å². The minimum atomic E-state index is -0.716. The Morgan fingerprint density at radius 3 is 2.90 bits per heavy atom. The van der Waals surface area contributed by atoms with Gasteiger partial charge >= 0.3 is 11.9 Å². The highest BCUT2D eigenvalue weighted by Crippen LogP contribution is 2.30. The zero-order valence-corrected chi connectivity index (χ0v) is 12.0. The molecular formula is C15H20N2O4. The molecule has 0 bridgehead atoms. The summed E-state index contributed by atoms with van der Waals surface area (Å²) in [6.45, 7) is 0.585. The summed E-state index contributed by atoms with van der Waals surface area (Å²) < 4.78 is 4.63. The van der Waals surface area contributed by atoms with Crippen LogP contribution in [-0.4, -0.2) is 35.7 Å². The monoisotopic (exact) mass is 292 g/mol. The number of rotatable bonds is 5. The Balaban J connectivity index is 1.98. The second-order valence-electron chi connectivity index (χ2n) is 5.29. The number of nitrogens with one attached hydrogen (secondary N) is 1. The summed E-state index contributed by atoms with van der Waals surface area (Å²) in [5.41, 5.74) is 0.987. The lowest BCUT2D eigenvalue weighted by atomic mass is 9.79. The first-order valence-electron chi connectivity index (χ1n) is 7.13. The van der Waals surface area contributed by atoms with Crippen molar-refractivity contribution >= 4 is 17.6 Å². The molecule has 6 nitrogen and oxygen atoms in total. The maximum absolute atomic E-state index is 11.4. The number of aromatic nitrogens is 1. The quantitative estimate of drug-likeness (QED) is 0.809. The van der Waals surface area contributed by atoms with E-state index >= 15 is 0 Å². The third-order valence-corrected chi connectivity index (χ3v) is 3.95. The number of carbonyl (C=O) groups is 2. The van der Waals surface area contributed by atoms with Gasteiger partial charge in [0.25, 0.3) is 0 Å². The predicted octanol–water partition coefficient (Wildman–Crippen LogP) is 2.17. The first-order chi connectivity index (χ1) is 10.1. The van der Waals surface area contributed by atoms with Gasteiger partial charge in [-0.3, -0.25) is 4.79 Å². The zero-order chi connectivity index (χ0) is 15.2. The van der Waals surface area contributed by atoms with Crippen LogP contribution in [-0.2, 0) is 9.53 Å². The fraction of sp³-hybridized carbons (Fsp3) is 0.533. The number of hydrogen-bond donors (Lipinski definition) is 2. The van der Waals surface area contributed by atoms with E-state index in [1.54, 1.807) is 12.1 Å². The largest absolute Gasteiger partial charge is 0.481 e. The maximum Gasteiger partial charge on any atom is 0.356 e. The highest BCUT2D eigenvalue weighted by Gasteiger charge is 2.30. The van der Waals surface area contributed by atoms with Gasteiger partial charge in [-0.15, -0.1) is 0 Å². The van der Waals surface area contributed by atoms with E-state index in [4.69, 9.17) is 0 Å². The van der Waals surface area contributed by atoms with Crippen molar-refractivity contribution in [1.82, 2.24) is 4.98 Å². The normalized spacial score (nSPS) is 21.6. The van der Waals surface area contributed by atoms with Crippen molar-refractivity contribution in [3.63, 3.8) is 0 Å². The molecule has 2 N–H and O–H groups in total. The molecule has 2 rings (SSSR count). The number of aliphatic carboxylic acids is 1. The van der Waals surface area contributed by atoms with Crippen molar-refractivity contribution in [3.8, 4) is 0 Å². The Morgan fingerprint density at radius 1 is 1.43 bits per heavy atom. The van der Waals surface area contributed by atoms with Crippen LogP contribution >= 0.6 is 0 Å². The Hall–Kier alpha value is -2.11. The SMILES string of the molecule is COC(=O)c1cc(NCC2CCCCC2C(=O)O)ccn1. The first-order valence-corrected chi connectivity index (χ1v) is 7.13. The number of carbonyl (C=O) groups excluding carboxylic acids is 1. The molecular weight excluding hydrogens is 272 g/mol. The van der Waals surface area contributed by atoms with Crippen molar-refractivity contribution in [2.75, 3.05) is 19.0 Å². The number of anilines is 1. The number of methoxy groups -OCH3 is 1. The van der Waals surface area contributed by atoms with Gasteiger partial charge in [-0.05, 0) is 30.9 Å². The summed E-state index contributed by atoms with van der Waals surface area (Å²) in [5, 5.41) is 12.5. The molecule has 114 valence electrons. The van der Waals surface area contributed by atoms with Gasteiger partial charge in [0.2, 0.25) is 0 Å². The molecule has 2 atom stereocenters. The maximum atomic E-state index is 11.4. The standard InChI is InChI=1S/C15H20N2O4/c1-21-15(20)13-8-11(6-7-16-13)17-9-10-4-2-3-5-12(10)14(18)19/h6-8,10,12H,2-5,9H2,1H3,(H,16,17)(H,18,19). The van der Waals surface area contributed by atoms with Crippen LogP contribution in [0, 0.1) is 11.8 Å². The molecule has 1 saturated carbocycles. The lowest BCUT2D eigenvalue weighted by Crippen LogP contribution is -2.31. The van der Waals surface area contributed by atoms with Crippen LogP contribution in [0.1, 0.15) is 36.2 Å². The van der Waals surface area contributed by atoms with E-state index in [1.807, 2.05) is 0 Å². The Morgan fingerprint density at radius 2 is 2.19 bits per heavy atom. The topological polar surface area (TPSA) is 88.5 Å². The Bertz CT molecular complexity index is 518. The molecule has 0 aromatic carbocycles. The van der Waals surface area contributed by atoms with Gasteiger partial charge in [0.05, 0.1) is 13.0 Å². The van der Waals surface area contributed by atoms with Crippen molar-refractivity contribution in [1.29, 1.82) is 0 Å². The molecule has 1 heterocycles. The van der Waals surface area contributed by atoms with Crippen molar-refractivity contribution in [3.05, 3.63) is 24.0 Å². The molecule has 0 aliphatic heterocycles. The number of esters is 1. The highest BCUT2D eigenvalue weighted by molar-refractivity contribution is 5.88. The molecule has 0 saturated heterocycles. The number of hydrogen-bond acceptors (Lipinski definition) is 5. The van der Waals surface area contributed by atoms with Crippen LogP contribution in [0.3, 0.4) is 0 Å². The summed E-state index contributed by atoms with van der Waals surface area (Å²) in [5.74, 6) is -1.37. The Kier molecular flexibility index (Phi) is 5.14. The average molecular weight is 292 g/mol. The van der Waals surface area contributed by atoms with Gasteiger partial charge in [0.15, 0.2) is 0 Å². The third-order valence-electron chi connectivity index (χ3n) is 3.95. The number of carboxylic acid groups (broad SMARTS) is 1. The number of pyridine rings is 1. The molecule has 6 heteroatoms. The van der Waals surface area contributed by atoms with E-state index in [9.17, 15) is 14.7 Å². The van der Waals surface area contributed by atoms with Gasteiger partial charge in [-0.1, -0.05) is 12.8 Å². The highest BCUT2D eigenvalue weighted by atomic mass is 16.5. The summed E-state index contributed by atoms with van der Waals surface area (Å²) >= 11 is 0. The van der Waals surface area contributed by atoms with E-state index in [0.717, 1.165) is 31.4 Å². The lowest BCUT2D eigenvalue weighted by Gasteiger charge is -2.28. The molecule has 1 aromatic heterocycles. The lowest BCUT2D eigenvalue weighted by molar-refractivity contribution is -0.144. The number of nitrogens with zero attached hydrogens (tertiary/aromatic N) is 1. The van der Waals surface area contributed by atoms with Crippen LogP contribution < -0.4 is 5.32 Å². The molecule has 1 aliphatic carbocycles. The van der Waals surface area contributed by atoms with Crippen molar-refractivity contribution in [2.24, 2.45) is 11.8 Å². The van der Waals surface area contributed by atoms with Crippen LogP contribution in [0.4, 0.5) is 5.69 Å². The molecule has 1 aromatic rings. The van der Waals surface area contributed by atoms with Crippen molar-refractivity contribution in [2.45, 2.75) is 25.7 Å². The minimum absolute atomic E-state index is 0.117. The van der Waals surface area contributed by atoms with Gasteiger partial charge in [0, 0.05) is 18.4 Å². The molecule has 2 unspecified atom stereocenters. The second kappa shape index (κ2) is 7.06. The fourth-order valence-electron chi connectivity index (χ4n) is 2.78. The van der Waals surface area contributed by atoms with E-state index < -0.39 is 11.9 Å². The van der Waals surface area contributed by atoms with Crippen LogP contribution in [0.5, 0.6) is 0 Å². The van der Waals surface area contributed by atoms with Crippen LogP contribution in [0.25, 0.3) is 0 Å². The van der Waals surface area contributed by atoms with Crippen LogP contribution in [0.15, 0.2) is 18.3 Å². The molecule has 1 fully saturated rings. The molecule has 1 aliphatic rings. The zero-order valence-electron chi connectivity index (χ0n) is 12.0. The van der Waals surface area contributed by atoms with Crippen LogP contribution in [0.2, 0.25) is 0 Å². The molecule has 0 radical (unpaired) electrons. The van der Waals surface area contributed by atoms with E-state index in [0.29, 0.717) is 6.54 Å². The van der Waals surface area contributed by atoms with E-state index in [1.165, 1.54) is 13.3 Å².